The van der Waals surface area contributed by atoms with Gasteiger partial charge >= 0.3 is 0 Å². The highest BCUT2D eigenvalue weighted by atomic mass is 127. The van der Waals surface area contributed by atoms with E-state index < -0.39 is 0 Å². The first-order valence-electron chi connectivity index (χ1n) is 8.93. The summed E-state index contributed by atoms with van der Waals surface area (Å²) in [6.45, 7) is 12.9. The Labute approximate surface area is 170 Å². The SMILES string of the molecule is CN=C(NCc1ccc(C)cc1C)NCC(C)N1CCN(C)CC1.I. The number of aliphatic imine (C=N–C) groups is 1. The van der Waals surface area contributed by atoms with Crippen LogP contribution in [0.2, 0.25) is 0 Å². The summed E-state index contributed by atoms with van der Waals surface area (Å²) in [7, 11) is 4.02. The van der Waals surface area contributed by atoms with Crippen molar-refractivity contribution in [3.63, 3.8) is 0 Å². The van der Waals surface area contributed by atoms with Crippen LogP contribution in [-0.2, 0) is 6.54 Å². The second-order valence-corrected chi connectivity index (χ2v) is 6.92. The normalized spacial score (nSPS) is 17.7. The fraction of sp³-hybridized carbons (Fsp3) is 0.632. The second-order valence-electron chi connectivity index (χ2n) is 6.92. The number of nitrogens with zero attached hydrogens (tertiary/aromatic N) is 3. The molecule has 5 nitrogen and oxygen atoms in total. The second kappa shape index (κ2) is 11.0. The molecule has 1 saturated heterocycles. The average molecular weight is 459 g/mol. The fourth-order valence-electron chi connectivity index (χ4n) is 3.08. The lowest BCUT2D eigenvalue weighted by Crippen LogP contribution is -2.52. The summed E-state index contributed by atoms with van der Waals surface area (Å²) < 4.78 is 0. The first kappa shape index (κ1) is 22.2. The third-order valence-electron chi connectivity index (χ3n) is 4.89. The Morgan fingerprint density at radius 2 is 1.84 bits per heavy atom. The van der Waals surface area contributed by atoms with Crippen LogP contribution in [0, 0.1) is 13.8 Å². The summed E-state index contributed by atoms with van der Waals surface area (Å²) in [5, 5.41) is 6.89. The Morgan fingerprint density at radius 1 is 1.16 bits per heavy atom. The number of hydrogen-bond donors (Lipinski definition) is 2. The minimum atomic E-state index is 0. The molecule has 0 aromatic heterocycles. The van der Waals surface area contributed by atoms with Gasteiger partial charge in [0.25, 0.3) is 0 Å². The highest BCUT2D eigenvalue weighted by molar-refractivity contribution is 14.0. The van der Waals surface area contributed by atoms with Crippen molar-refractivity contribution < 1.29 is 0 Å². The third-order valence-corrected chi connectivity index (χ3v) is 4.89. The lowest BCUT2D eigenvalue weighted by molar-refractivity contribution is 0.120. The fourth-order valence-corrected chi connectivity index (χ4v) is 3.08. The molecule has 0 aliphatic carbocycles. The first-order chi connectivity index (χ1) is 11.5. The summed E-state index contributed by atoms with van der Waals surface area (Å²) >= 11 is 0. The number of benzene rings is 1. The molecule has 1 aliphatic rings. The van der Waals surface area contributed by atoms with Crippen molar-refractivity contribution in [3.8, 4) is 0 Å². The van der Waals surface area contributed by atoms with Crippen molar-refractivity contribution >= 4 is 29.9 Å². The Balaban J connectivity index is 0.00000312. The van der Waals surface area contributed by atoms with E-state index in [9.17, 15) is 0 Å². The number of hydrogen-bond acceptors (Lipinski definition) is 3. The van der Waals surface area contributed by atoms with Gasteiger partial charge in [0.05, 0.1) is 0 Å². The number of likely N-dealkylation sites (N-methyl/N-ethyl adjacent to an activating group) is 1. The van der Waals surface area contributed by atoms with Crippen LogP contribution in [0.4, 0.5) is 0 Å². The molecule has 1 aliphatic heterocycles. The lowest BCUT2D eigenvalue weighted by atomic mass is 10.1. The van der Waals surface area contributed by atoms with Gasteiger partial charge in [-0.05, 0) is 38.9 Å². The van der Waals surface area contributed by atoms with Crippen LogP contribution in [-0.4, -0.2) is 68.6 Å². The zero-order valence-electron chi connectivity index (χ0n) is 16.3. The van der Waals surface area contributed by atoms with E-state index in [-0.39, 0.29) is 24.0 Å². The Kier molecular flexibility index (Phi) is 9.74. The van der Waals surface area contributed by atoms with Gasteiger partial charge in [-0.15, -0.1) is 24.0 Å². The lowest BCUT2D eigenvalue weighted by Gasteiger charge is -2.36. The Hall–Kier alpha value is -0.860. The summed E-state index contributed by atoms with van der Waals surface area (Å²) in [4.78, 5) is 9.28. The molecule has 0 saturated carbocycles. The molecule has 0 bridgehead atoms. The molecule has 1 fully saturated rings. The van der Waals surface area contributed by atoms with E-state index in [1.54, 1.807) is 0 Å². The van der Waals surface area contributed by atoms with Gasteiger partial charge in [-0.3, -0.25) is 9.89 Å². The van der Waals surface area contributed by atoms with Crippen LogP contribution >= 0.6 is 24.0 Å². The predicted octanol–water partition coefficient (Wildman–Crippen LogP) is 2.22. The van der Waals surface area contributed by atoms with Crippen molar-refractivity contribution in [3.05, 3.63) is 34.9 Å². The maximum atomic E-state index is 4.35. The van der Waals surface area contributed by atoms with E-state index in [4.69, 9.17) is 0 Å². The summed E-state index contributed by atoms with van der Waals surface area (Å²) in [6.07, 6.45) is 0. The topological polar surface area (TPSA) is 42.9 Å². The van der Waals surface area contributed by atoms with Gasteiger partial charge in [-0.2, -0.15) is 0 Å². The van der Waals surface area contributed by atoms with Crippen LogP contribution in [0.25, 0.3) is 0 Å². The van der Waals surface area contributed by atoms with Gasteiger partial charge in [0.15, 0.2) is 5.96 Å². The smallest absolute Gasteiger partial charge is 0.191 e. The number of nitrogens with one attached hydrogen (secondary N) is 2. The maximum Gasteiger partial charge on any atom is 0.191 e. The molecule has 1 aromatic carbocycles. The van der Waals surface area contributed by atoms with E-state index in [0.717, 1.165) is 45.2 Å². The van der Waals surface area contributed by atoms with Gasteiger partial charge in [0, 0.05) is 52.4 Å². The highest BCUT2D eigenvalue weighted by Gasteiger charge is 2.19. The largest absolute Gasteiger partial charge is 0.355 e. The molecule has 2 N–H and O–H groups in total. The van der Waals surface area contributed by atoms with Crippen LogP contribution in [0.3, 0.4) is 0 Å². The molecule has 1 unspecified atom stereocenters. The minimum absolute atomic E-state index is 0. The molecule has 142 valence electrons. The van der Waals surface area contributed by atoms with Crippen LogP contribution in [0.1, 0.15) is 23.6 Å². The molecule has 1 heterocycles. The maximum absolute atomic E-state index is 4.35. The van der Waals surface area contributed by atoms with E-state index in [2.05, 4.69) is 71.4 Å². The van der Waals surface area contributed by atoms with Crippen molar-refractivity contribution in [1.29, 1.82) is 0 Å². The molecule has 1 aromatic rings. The van der Waals surface area contributed by atoms with Crippen molar-refractivity contribution in [2.24, 2.45) is 4.99 Å². The Morgan fingerprint density at radius 3 is 2.44 bits per heavy atom. The summed E-state index contributed by atoms with van der Waals surface area (Å²) in [5.74, 6) is 0.871. The molecule has 1 atom stereocenters. The minimum Gasteiger partial charge on any atom is -0.355 e. The number of piperazine rings is 1. The third kappa shape index (κ3) is 7.11. The molecule has 0 radical (unpaired) electrons. The van der Waals surface area contributed by atoms with Crippen LogP contribution in [0.5, 0.6) is 0 Å². The van der Waals surface area contributed by atoms with Crippen LogP contribution in [0.15, 0.2) is 23.2 Å². The van der Waals surface area contributed by atoms with Gasteiger partial charge in [-0.25, -0.2) is 0 Å². The summed E-state index contributed by atoms with van der Waals surface area (Å²) in [6, 6.07) is 7.09. The van der Waals surface area contributed by atoms with Crippen molar-refractivity contribution in [2.75, 3.05) is 46.8 Å². The number of halogens is 1. The van der Waals surface area contributed by atoms with Crippen molar-refractivity contribution in [1.82, 2.24) is 20.4 Å². The zero-order chi connectivity index (χ0) is 17.5. The van der Waals surface area contributed by atoms with E-state index >= 15 is 0 Å². The molecule has 2 rings (SSSR count). The highest BCUT2D eigenvalue weighted by Crippen LogP contribution is 2.10. The molecular weight excluding hydrogens is 425 g/mol. The molecule has 0 spiro atoms. The van der Waals surface area contributed by atoms with Crippen LogP contribution < -0.4 is 10.6 Å². The number of aryl methyl sites for hydroxylation is 2. The van der Waals surface area contributed by atoms with E-state index in [1.807, 2.05) is 7.05 Å². The molecule has 25 heavy (non-hydrogen) atoms. The van der Waals surface area contributed by atoms with Gasteiger partial charge < -0.3 is 15.5 Å². The standard InChI is InChI=1S/C19H33N5.HI/c1-15-6-7-18(16(2)12-15)14-22-19(20-4)21-13-17(3)24-10-8-23(5)9-11-24;/h6-7,12,17H,8-11,13-14H2,1-5H3,(H2,20,21,22);1H. The van der Waals surface area contributed by atoms with E-state index in [0.29, 0.717) is 6.04 Å². The monoisotopic (exact) mass is 459 g/mol. The molecule has 6 heteroatoms. The number of rotatable bonds is 5. The zero-order valence-corrected chi connectivity index (χ0v) is 18.6. The molecule has 0 amide bonds. The average Bonchev–Trinajstić information content (AvgIpc) is 2.57. The molecular formula is C19H34IN5. The van der Waals surface area contributed by atoms with E-state index in [1.165, 1.54) is 16.7 Å². The Bertz CT molecular complexity index is 553. The number of guanidine groups is 1. The summed E-state index contributed by atoms with van der Waals surface area (Å²) in [5.41, 5.74) is 3.94. The first-order valence-corrected chi connectivity index (χ1v) is 8.93. The van der Waals surface area contributed by atoms with Crippen molar-refractivity contribution in [2.45, 2.75) is 33.4 Å². The van der Waals surface area contributed by atoms with Gasteiger partial charge in [-0.1, -0.05) is 23.8 Å². The predicted molar refractivity (Wildman–Crippen MR) is 118 cm³/mol. The van der Waals surface area contributed by atoms with Gasteiger partial charge in [0.1, 0.15) is 0 Å². The van der Waals surface area contributed by atoms with Gasteiger partial charge in [0.2, 0.25) is 0 Å². The quantitative estimate of drug-likeness (QED) is 0.403.